The van der Waals surface area contributed by atoms with Crippen LogP contribution in [0.4, 0.5) is 0 Å². The van der Waals surface area contributed by atoms with Crippen molar-refractivity contribution in [3.05, 3.63) is 36.5 Å². The fourth-order valence-corrected chi connectivity index (χ4v) is 8.49. The minimum atomic E-state index is -0.931. The summed E-state index contributed by atoms with van der Waals surface area (Å²) in [6.45, 7) is 4.24. The normalized spacial score (nSPS) is 13.6. The highest BCUT2D eigenvalue weighted by Gasteiger charge is 2.20. The van der Waals surface area contributed by atoms with Gasteiger partial charge in [-0.15, -0.1) is 0 Å². The summed E-state index contributed by atoms with van der Waals surface area (Å²) in [6.07, 6.45) is 66.0. The van der Waals surface area contributed by atoms with E-state index < -0.39 is 18.2 Å². The fourth-order valence-electron chi connectivity index (χ4n) is 8.49. The van der Waals surface area contributed by atoms with Crippen molar-refractivity contribution in [3.8, 4) is 0 Å². The number of carbonyl (C=O) groups is 1. The Morgan fingerprint density at radius 3 is 1.08 bits per heavy atom. The van der Waals surface area contributed by atoms with E-state index in [1.807, 2.05) is 6.08 Å². The number of rotatable bonds is 50. The highest BCUT2D eigenvalue weighted by atomic mass is 16.3. The van der Waals surface area contributed by atoms with Crippen LogP contribution in [0.5, 0.6) is 0 Å². The molecule has 0 aromatic heterocycles. The van der Waals surface area contributed by atoms with Crippen molar-refractivity contribution in [2.75, 3.05) is 6.61 Å². The average molecular weight is 858 g/mol. The number of aliphatic hydroxyl groups excluding tert-OH is 3. The van der Waals surface area contributed by atoms with Gasteiger partial charge in [0, 0.05) is 0 Å². The van der Waals surface area contributed by atoms with Crippen LogP contribution in [-0.4, -0.2) is 46.1 Å². The van der Waals surface area contributed by atoms with E-state index in [9.17, 15) is 20.1 Å². The van der Waals surface area contributed by atoms with Crippen LogP contribution >= 0.6 is 0 Å². The lowest BCUT2D eigenvalue weighted by atomic mass is 10.0. The molecular formula is C56H107NO4. The molecule has 0 aromatic carbocycles. The molecule has 0 aliphatic heterocycles. The molecule has 0 aliphatic rings. The minimum Gasteiger partial charge on any atom is -0.394 e. The number of allylic oxidation sites excluding steroid dienone is 5. The Bertz CT molecular complexity index is 947. The Hall–Kier alpha value is -1.43. The molecule has 0 spiro atoms. The molecule has 0 saturated heterocycles. The van der Waals surface area contributed by atoms with E-state index in [0.717, 1.165) is 32.1 Å². The number of carbonyl (C=O) groups excluding carboxylic acids is 1. The second-order valence-corrected chi connectivity index (χ2v) is 18.8. The summed E-state index contributed by atoms with van der Waals surface area (Å²) in [7, 11) is 0. The lowest BCUT2D eigenvalue weighted by molar-refractivity contribution is -0.124. The predicted octanol–water partition coefficient (Wildman–Crippen LogP) is 16.7. The van der Waals surface area contributed by atoms with Gasteiger partial charge in [-0.1, -0.05) is 269 Å². The smallest absolute Gasteiger partial charge is 0.222 e. The van der Waals surface area contributed by atoms with Crippen LogP contribution in [0.2, 0.25) is 0 Å². The van der Waals surface area contributed by atoms with Gasteiger partial charge in [-0.3, -0.25) is 4.79 Å². The van der Waals surface area contributed by atoms with Crippen molar-refractivity contribution in [3.63, 3.8) is 0 Å². The topological polar surface area (TPSA) is 89.8 Å². The van der Waals surface area contributed by atoms with Crippen LogP contribution in [0.25, 0.3) is 0 Å². The molecule has 0 aliphatic carbocycles. The second kappa shape index (κ2) is 51.2. The van der Waals surface area contributed by atoms with Crippen molar-refractivity contribution >= 4 is 5.91 Å². The number of unbranched alkanes of at least 4 members (excludes halogenated alkanes) is 37. The predicted molar refractivity (Wildman–Crippen MR) is 268 cm³/mol. The second-order valence-electron chi connectivity index (χ2n) is 18.8. The Kier molecular flexibility index (Phi) is 50.0. The highest BCUT2D eigenvalue weighted by molar-refractivity contribution is 5.76. The molecule has 360 valence electrons. The first kappa shape index (κ1) is 59.6. The summed E-state index contributed by atoms with van der Waals surface area (Å²) in [5.41, 5.74) is 0. The molecule has 1 amide bonds. The molecule has 61 heavy (non-hydrogen) atoms. The Labute approximate surface area is 381 Å². The summed E-state index contributed by atoms with van der Waals surface area (Å²) >= 11 is 0. The molecule has 0 heterocycles. The first-order chi connectivity index (χ1) is 30.0. The average Bonchev–Trinajstić information content (AvgIpc) is 3.25. The summed E-state index contributed by atoms with van der Waals surface area (Å²) in [6, 6.07) is -0.746. The molecule has 5 heteroatoms. The zero-order valence-electron chi connectivity index (χ0n) is 41.1. The monoisotopic (exact) mass is 858 g/mol. The molecule has 0 fully saturated rings. The summed E-state index contributed by atoms with van der Waals surface area (Å²) < 4.78 is 0. The van der Waals surface area contributed by atoms with Crippen molar-refractivity contribution in [2.45, 2.75) is 308 Å². The third-order valence-corrected chi connectivity index (χ3v) is 12.7. The van der Waals surface area contributed by atoms with E-state index in [1.165, 1.54) is 231 Å². The lowest BCUT2D eigenvalue weighted by Gasteiger charge is -2.21. The Balaban J connectivity index is 3.60. The van der Waals surface area contributed by atoms with Crippen LogP contribution in [0.1, 0.15) is 290 Å². The van der Waals surface area contributed by atoms with Crippen molar-refractivity contribution in [1.29, 1.82) is 0 Å². The SMILES string of the molecule is CCCCCCCCCCC/C=C\C/C=C\CCCCCCCCCCCC(O)CC(=O)NC(CO)C(O)/C=C/CCCCCCCCCCCCCCCCCCCCC. The third kappa shape index (κ3) is 47.9. The van der Waals surface area contributed by atoms with Gasteiger partial charge in [0.15, 0.2) is 0 Å². The largest absolute Gasteiger partial charge is 0.394 e. The molecule has 0 rings (SSSR count). The summed E-state index contributed by atoms with van der Waals surface area (Å²) in [5, 5.41) is 33.4. The van der Waals surface area contributed by atoms with E-state index in [-0.39, 0.29) is 18.9 Å². The quantitative estimate of drug-likeness (QED) is 0.0362. The lowest BCUT2D eigenvalue weighted by Crippen LogP contribution is -2.45. The van der Waals surface area contributed by atoms with Crippen LogP contribution in [0.15, 0.2) is 36.5 Å². The fraction of sp³-hybridized carbons (Fsp3) is 0.875. The van der Waals surface area contributed by atoms with E-state index in [1.54, 1.807) is 6.08 Å². The number of amides is 1. The first-order valence-electron chi connectivity index (χ1n) is 27.3. The minimum absolute atomic E-state index is 0.0115. The Morgan fingerprint density at radius 1 is 0.426 bits per heavy atom. The molecule has 3 atom stereocenters. The number of aliphatic hydroxyl groups is 3. The standard InChI is InChI=1S/C56H107NO4/c1-3-5-7-9-11-13-15-17-19-21-23-25-26-27-28-30-31-33-35-37-39-41-43-45-47-49-53(59)51-56(61)57-54(52-58)55(60)50-48-46-44-42-40-38-36-34-32-29-24-22-20-18-16-14-12-10-8-6-4-2/h23,25,27-28,48,50,53-55,58-60H,3-22,24,26,29-47,49,51-52H2,1-2H3,(H,57,61)/b25-23-,28-27-,50-48+. The maximum Gasteiger partial charge on any atom is 0.222 e. The molecule has 3 unspecified atom stereocenters. The van der Waals surface area contributed by atoms with Crippen molar-refractivity contribution in [2.24, 2.45) is 0 Å². The summed E-state index contributed by atoms with van der Waals surface area (Å²) in [5.74, 6) is -0.315. The van der Waals surface area contributed by atoms with Gasteiger partial charge < -0.3 is 20.6 Å². The zero-order valence-corrected chi connectivity index (χ0v) is 41.1. The van der Waals surface area contributed by atoms with E-state index >= 15 is 0 Å². The molecule has 0 saturated carbocycles. The van der Waals surface area contributed by atoms with E-state index in [2.05, 4.69) is 43.5 Å². The number of hydrogen-bond donors (Lipinski definition) is 4. The van der Waals surface area contributed by atoms with Gasteiger partial charge in [0.2, 0.25) is 5.91 Å². The number of hydrogen-bond acceptors (Lipinski definition) is 4. The molecule has 0 bridgehead atoms. The molecule has 0 radical (unpaired) electrons. The van der Waals surface area contributed by atoms with Gasteiger partial charge in [0.1, 0.15) is 0 Å². The van der Waals surface area contributed by atoms with Gasteiger partial charge in [0.25, 0.3) is 0 Å². The maximum atomic E-state index is 12.5. The van der Waals surface area contributed by atoms with Crippen molar-refractivity contribution < 1.29 is 20.1 Å². The number of nitrogens with one attached hydrogen (secondary N) is 1. The Morgan fingerprint density at radius 2 is 0.738 bits per heavy atom. The van der Waals surface area contributed by atoms with Crippen LogP contribution in [-0.2, 0) is 4.79 Å². The van der Waals surface area contributed by atoms with Crippen molar-refractivity contribution in [1.82, 2.24) is 5.32 Å². The molecule has 5 nitrogen and oxygen atoms in total. The van der Waals surface area contributed by atoms with E-state index in [0.29, 0.717) is 6.42 Å². The molecular weight excluding hydrogens is 751 g/mol. The van der Waals surface area contributed by atoms with Gasteiger partial charge in [-0.25, -0.2) is 0 Å². The first-order valence-corrected chi connectivity index (χ1v) is 27.3. The van der Waals surface area contributed by atoms with Gasteiger partial charge in [0.05, 0.1) is 31.3 Å². The highest BCUT2D eigenvalue weighted by Crippen LogP contribution is 2.17. The third-order valence-electron chi connectivity index (χ3n) is 12.7. The maximum absolute atomic E-state index is 12.5. The molecule has 0 aromatic rings. The van der Waals surface area contributed by atoms with Gasteiger partial charge in [-0.2, -0.15) is 0 Å². The van der Waals surface area contributed by atoms with Crippen LogP contribution < -0.4 is 5.32 Å². The summed E-state index contributed by atoms with van der Waals surface area (Å²) in [4.78, 5) is 12.5. The molecule has 4 N–H and O–H groups in total. The van der Waals surface area contributed by atoms with Crippen LogP contribution in [0, 0.1) is 0 Å². The van der Waals surface area contributed by atoms with E-state index in [4.69, 9.17) is 0 Å². The van der Waals surface area contributed by atoms with Gasteiger partial charge >= 0.3 is 0 Å². The van der Waals surface area contributed by atoms with Crippen LogP contribution in [0.3, 0.4) is 0 Å². The van der Waals surface area contributed by atoms with Gasteiger partial charge in [-0.05, 0) is 51.4 Å². The zero-order chi connectivity index (χ0) is 44.4.